The second-order valence-corrected chi connectivity index (χ2v) is 62.7. The SMILES string of the molecule is CC(C)(C)c1cc2c3c(c1)C1(C)CCCCC1(C)N3c1cc(N3c4ccc([Si](C)(C)C)cc4C4(C)CCCCC34C)cc3c1B2c1cc(C(C)(C)C)cc2c4cc(C(C)(C)C)ccc4n-3c12.CC(C)(C)c1cc2c3c(c1)C1(C)CCCCC1(C)N3c1cc(N3c4ccc([Si](C)(C)C)cc4C4(C)CCCCC34C)cc3c1B2c1ccc(-c2ccccc2)cc1N3c1cccc(-c2ccccc2)c1. The average Bonchev–Trinajstić information content (AvgIpc) is 1.48. The average molecular weight is 1820 g/mol. The Morgan fingerprint density at radius 1 is 0.272 bits per heavy atom. The highest BCUT2D eigenvalue weighted by Crippen LogP contribution is 2.69. The lowest BCUT2D eigenvalue weighted by molar-refractivity contribution is 0.194. The topological polar surface area (TPSA) is 21.1 Å². The van der Waals surface area contributed by atoms with E-state index in [1.54, 1.807) is 32.6 Å². The van der Waals surface area contributed by atoms with Crippen LogP contribution in [0.2, 0.25) is 39.3 Å². The molecule has 136 heavy (non-hydrogen) atoms. The fourth-order valence-electron chi connectivity index (χ4n) is 30.0. The summed E-state index contributed by atoms with van der Waals surface area (Å²) in [5.74, 6) is 0. The summed E-state index contributed by atoms with van der Waals surface area (Å²) in [4.78, 5) is 14.4. The number of nitrogens with zero attached hydrogens (tertiary/aromatic N) is 6. The molecule has 4 aliphatic carbocycles. The Kier molecular flexibility index (Phi) is 18.8. The first-order valence-electron chi connectivity index (χ1n) is 52.7. The van der Waals surface area contributed by atoms with Gasteiger partial charge in [-0.25, -0.2) is 0 Å². The summed E-state index contributed by atoms with van der Waals surface area (Å²) in [6.45, 7) is 65.4. The summed E-state index contributed by atoms with van der Waals surface area (Å²) in [5, 5.41) is 5.95. The van der Waals surface area contributed by atoms with Crippen molar-refractivity contribution >= 4 is 157 Å². The summed E-state index contributed by atoms with van der Waals surface area (Å²) >= 11 is 0. The molecule has 12 aromatic carbocycles. The van der Waals surface area contributed by atoms with Crippen molar-refractivity contribution < 1.29 is 0 Å². The van der Waals surface area contributed by atoms with E-state index in [0.717, 1.165) is 0 Å². The molecule has 10 heteroatoms. The fourth-order valence-corrected chi connectivity index (χ4v) is 32.3. The van der Waals surface area contributed by atoms with Gasteiger partial charge >= 0.3 is 0 Å². The van der Waals surface area contributed by atoms with Crippen LogP contribution in [0.25, 0.3) is 49.7 Å². The summed E-state index contributed by atoms with van der Waals surface area (Å²) < 4.78 is 2.77. The molecule has 0 saturated heterocycles. The zero-order chi connectivity index (χ0) is 95.2. The summed E-state index contributed by atoms with van der Waals surface area (Å²) in [5.41, 5.74) is 45.2. The molecule has 6 nitrogen and oxygen atoms in total. The minimum absolute atomic E-state index is 0.00190. The molecule has 13 aromatic rings. The van der Waals surface area contributed by atoms with E-state index in [1.807, 2.05) is 0 Å². The van der Waals surface area contributed by atoms with Gasteiger partial charge in [0.25, 0.3) is 13.4 Å². The zero-order valence-corrected chi connectivity index (χ0v) is 88.9. The van der Waals surface area contributed by atoms with Crippen LogP contribution in [0.15, 0.2) is 218 Å². The first kappa shape index (κ1) is 88.7. The normalized spacial score (nSPS) is 25.7. The van der Waals surface area contributed by atoms with E-state index >= 15 is 0 Å². The molecule has 0 amide bonds. The Bertz CT molecular complexity index is 7280. The number of anilines is 11. The van der Waals surface area contributed by atoms with Crippen molar-refractivity contribution in [3.8, 4) is 27.9 Å². The van der Waals surface area contributed by atoms with Crippen LogP contribution in [-0.4, -0.2) is 56.3 Å². The molecule has 8 atom stereocenters. The Balaban J connectivity index is 0.000000149. The molecule has 0 radical (unpaired) electrons. The third kappa shape index (κ3) is 12.0. The maximum Gasteiger partial charge on any atom is 0.252 e. The van der Waals surface area contributed by atoms with Crippen LogP contribution in [0.3, 0.4) is 0 Å². The predicted octanol–water partition coefficient (Wildman–Crippen LogP) is 28.8. The molecule has 0 bridgehead atoms. The van der Waals surface area contributed by atoms with Gasteiger partial charge < -0.3 is 29.1 Å². The zero-order valence-electron chi connectivity index (χ0n) is 86.9. The van der Waals surface area contributed by atoms with Crippen LogP contribution >= 0.6 is 0 Å². The van der Waals surface area contributed by atoms with Crippen LogP contribution in [0, 0.1) is 0 Å². The largest absolute Gasteiger partial charge is 0.335 e. The van der Waals surface area contributed by atoms with E-state index in [1.165, 1.54) is 270 Å². The number of fused-ring (bicyclic) bond motifs is 23. The van der Waals surface area contributed by atoms with Gasteiger partial charge in [0, 0.05) is 106 Å². The van der Waals surface area contributed by atoms with Crippen molar-refractivity contribution in [2.75, 3.05) is 24.5 Å². The van der Waals surface area contributed by atoms with Crippen molar-refractivity contribution in [3.63, 3.8) is 0 Å². The minimum Gasteiger partial charge on any atom is -0.335 e. The molecule has 8 unspecified atom stereocenters. The molecule has 0 N–H and O–H groups in total. The van der Waals surface area contributed by atoms with Gasteiger partial charge in [-0.05, 0) is 273 Å². The van der Waals surface area contributed by atoms with Crippen LogP contribution in [-0.2, 0) is 43.3 Å². The molecule has 8 aliphatic heterocycles. The highest BCUT2D eigenvalue weighted by molar-refractivity contribution is 7.01. The Labute approximate surface area is 817 Å². The molecular formula is C126H146B2N6Si2. The van der Waals surface area contributed by atoms with Gasteiger partial charge in [-0.3, -0.25) is 0 Å². The standard InChI is InChI=1S/C65H70BN3Si.C61H76BN3Si/c1-61(2,3)47-38-52-60-54(39-47)66-53-30-28-46(44-24-15-12-16-25-44)37-56(53)67(48-27-21-26-45(36-48)43-22-13-11-14-23-43)57-40-49(41-58(59(57)66)69(60)65(7)35-20-18-33-63(52,65)5)68-55-31-29-50(70(8,9)10)42-51(55)62(4)32-17-19-34-64(62,68)6;1-55(2,3)37-21-23-48-42(29-37)43-30-38(56(4,5)6)32-46-53(43)63(48)50-34-40(64-49-24-22-41(66(14,15)16)36-44(49)58(10)25-17-19-27-60(58,64)12)35-51-52(50)62(46)47-33-39(57(7,8)9)31-45-54(47)65(51)61(13)28-20-18-26-59(45,61)11/h11-16,21-31,36-42H,17-20,32-35H2,1-10H3;21-24,29-36H,17-20,25-28H2,1-16H3. The highest BCUT2D eigenvalue weighted by Gasteiger charge is 2.67. The molecule has 25 rings (SSSR count). The van der Waals surface area contributed by atoms with E-state index in [4.69, 9.17) is 0 Å². The van der Waals surface area contributed by atoms with Crippen LogP contribution in [0.5, 0.6) is 0 Å². The molecule has 0 spiro atoms. The van der Waals surface area contributed by atoms with Crippen molar-refractivity contribution in [3.05, 3.63) is 263 Å². The van der Waals surface area contributed by atoms with E-state index < -0.39 is 16.1 Å². The molecule has 4 saturated carbocycles. The second-order valence-electron chi connectivity index (χ2n) is 52.6. The monoisotopic (exact) mass is 1820 g/mol. The van der Waals surface area contributed by atoms with Gasteiger partial charge in [-0.1, -0.05) is 357 Å². The first-order chi connectivity index (χ1) is 64.2. The van der Waals surface area contributed by atoms with Gasteiger partial charge in [0.2, 0.25) is 0 Å². The number of hydrogen-bond acceptors (Lipinski definition) is 5. The highest BCUT2D eigenvalue weighted by atomic mass is 28.3. The quantitative estimate of drug-likeness (QED) is 0.148. The lowest BCUT2D eigenvalue weighted by Crippen LogP contribution is -2.64. The van der Waals surface area contributed by atoms with Crippen LogP contribution < -0.4 is 67.6 Å². The third-order valence-corrected chi connectivity index (χ3v) is 43.0. The predicted molar refractivity (Wildman–Crippen MR) is 594 cm³/mol. The van der Waals surface area contributed by atoms with Gasteiger partial charge in [-0.15, -0.1) is 0 Å². The van der Waals surface area contributed by atoms with Crippen LogP contribution in [0.1, 0.15) is 286 Å². The van der Waals surface area contributed by atoms with Gasteiger partial charge in [0.15, 0.2) is 0 Å². The Hall–Kier alpha value is -10.00. The van der Waals surface area contributed by atoms with Crippen molar-refractivity contribution in [1.82, 2.24) is 4.57 Å². The number of hydrogen-bond donors (Lipinski definition) is 0. The van der Waals surface area contributed by atoms with E-state index in [9.17, 15) is 0 Å². The molecule has 9 heterocycles. The molecule has 1 aromatic heterocycles. The second kappa shape index (κ2) is 28.9. The molecule has 12 aliphatic rings. The third-order valence-electron chi connectivity index (χ3n) is 38.9. The maximum absolute atomic E-state index is 2.98. The lowest BCUT2D eigenvalue weighted by Gasteiger charge is -2.53. The summed E-state index contributed by atoms with van der Waals surface area (Å²) in [6, 6.07) is 88.6. The maximum atomic E-state index is 2.98. The minimum atomic E-state index is -1.59. The number of benzene rings is 12. The molecular weight excluding hydrogens is 1680 g/mol. The Morgan fingerprint density at radius 2 is 0.662 bits per heavy atom. The van der Waals surface area contributed by atoms with E-state index in [0.29, 0.717) is 0 Å². The lowest BCUT2D eigenvalue weighted by atomic mass is 9.33. The van der Waals surface area contributed by atoms with E-state index in [2.05, 4.69) is 425 Å². The smallest absolute Gasteiger partial charge is 0.252 e. The summed E-state index contributed by atoms with van der Waals surface area (Å²) in [6.07, 6.45) is 19.8. The fraction of sp³-hybridized carbons (Fsp3) is 0.429. The van der Waals surface area contributed by atoms with Crippen molar-refractivity contribution in [2.45, 2.75) is 346 Å². The van der Waals surface area contributed by atoms with Crippen molar-refractivity contribution in [1.29, 1.82) is 0 Å². The van der Waals surface area contributed by atoms with Gasteiger partial charge in [0.05, 0.1) is 43.8 Å². The number of aromatic nitrogens is 1. The van der Waals surface area contributed by atoms with Gasteiger partial charge in [-0.2, -0.15) is 0 Å². The van der Waals surface area contributed by atoms with Gasteiger partial charge in [0.1, 0.15) is 0 Å². The van der Waals surface area contributed by atoms with Crippen LogP contribution in [0.4, 0.5) is 62.6 Å². The molecule has 4 fully saturated rings. The van der Waals surface area contributed by atoms with Crippen molar-refractivity contribution in [2.24, 2.45) is 0 Å². The summed E-state index contributed by atoms with van der Waals surface area (Å²) in [7, 11) is -3.14. The van der Waals surface area contributed by atoms with E-state index in [-0.39, 0.29) is 78.9 Å². The first-order valence-corrected chi connectivity index (χ1v) is 59.7. The molecule has 694 valence electrons. The number of rotatable bonds is 7. The Morgan fingerprint density at radius 3 is 1.12 bits per heavy atom.